The highest BCUT2D eigenvalue weighted by molar-refractivity contribution is 5.96. The number of pyridine rings is 1. The standard InChI is InChI=1S/C20H20N2O3/c23-16-10-15(11-16)17(9-13-5-7-21-8-6-13)22-20(24)19-12-14-3-1-2-4-18(14)25-19/h1-8,12,15-17,23H,9-11H2,(H,22,24)/t15?,16?,17-/m0/s1. The lowest BCUT2D eigenvalue weighted by Gasteiger charge is -2.38. The van der Waals surface area contributed by atoms with Crippen molar-refractivity contribution in [3.63, 3.8) is 0 Å². The molecule has 25 heavy (non-hydrogen) atoms. The summed E-state index contributed by atoms with van der Waals surface area (Å²) in [4.78, 5) is 16.7. The highest BCUT2D eigenvalue weighted by atomic mass is 16.3. The maximum atomic E-state index is 12.7. The summed E-state index contributed by atoms with van der Waals surface area (Å²) >= 11 is 0. The van der Waals surface area contributed by atoms with E-state index in [1.54, 1.807) is 18.5 Å². The highest BCUT2D eigenvalue weighted by Crippen LogP contribution is 2.32. The summed E-state index contributed by atoms with van der Waals surface area (Å²) in [6.07, 6.45) is 5.40. The third kappa shape index (κ3) is 3.42. The fourth-order valence-corrected chi connectivity index (χ4v) is 3.40. The quantitative estimate of drug-likeness (QED) is 0.751. The van der Waals surface area contributed by atoms with Gasteiger partial charge in [0.1, 0.15) is 5.58 Å². The molecule has 1 amide bonds. The van der Waals surface area contributed by atoms with Crippen molar-refractivity contribution in [1.82, 2.24) is 10.3 Å². The number of rotatable bonds is 5. The Kier molecular flexibility index (Phi) is 4.24. The fourth-order valence-electron chi connectivity index (χ4n) is 3.40. The lowest BCUT2D eigenvalue weighted by molar-refractivity contribution is 0.0236. The third-order valence-electron chi connectivity index (χ3n) is 4.89. The zero-order valence-corrected chi connectivity index (χ0v) is 13.8. The molecule has 2 aromatic heterocycles. The monoisotopic (exact) mass is 336 g/mol. The van der Waals surface area contributed by atoms with Crippen molar-refractivity contribution in [3.8, 4) is 0 Å². The summed E-state index contributed by atoms with van der Waals surface area (Å²) in [5.74, 6) is 0.383. The van der Waals surface area contributed by atoms with E-state index < -0.39 is 0 Å². The van der Waals surface area contributed by atoms with Gasteiger partial charge in [0.2, 0.25) is 0 Å². The zero-order chi connectivity index (χ0) is 17.2. The van der Waals surface area contributed by atoms with Crippen LogP contribution in [0, 0.1) is 5.92 Å². The van der Waals surface area contributed by atoms with Gasteiger partial charge >= 0.3 is 0 Å². The second kappa shape index (κ2) is 6.69. The minimum absolute atomic E-state index is 0.0356. The van der Waals surface area contributed by atoms with Crippen LogP contribution in [0.5, 0.6) is 0 Å². The molecule has 1 saturated carbocycles. The van der Waals surface area contributed by atoms with Crippen LogP contribution in [0.3, 0.4) is 0 Å². The Hall–Kier alpha value is -2.66. The van der Waals surface area contributed by atoms with Crippen LogP contribution >= 0.6 is 0 Å². The van der Waals surface area contributed by atoms with Crippen LogP contribution in [-0.2, 0) is 6.42 Å². The average molecular weight is 336 g/mol. The summed E-state index contributed by atoms with van der Waals surface area (Å²) in [6.45, 7) is 0. The number of furan rings is 1. The molecule has 0 aliphatic heterocycles. The van der Waals surface area contributed by atoms with Crippen LogP contribution in [0.15, 0.2) is 59.3 Å². The number of hydrogen-bond acceptors (Lipinski definition) is 4. The van der Waals surface area contributed by atoms with E-state index in [0.29, 0.717) is 17.8 Å². The number of nitrogens with zero attached hydrogens (tertiary/aromatic N) is 1. The number of amides is 1. The van der Waals surface area contributed by atoms with Crippen LogP contribution in [-0.4, -0.2) is 28.1 Å². The largest absolute Gasteiger partial charge is 0.451 e. The molecule has 4 rings (SSSR count). The van der Waals surface area contributed by atoms with Crippen LogP contribution in [0.4, 0.5) is 0 Å². The molecule has 2 N–H and O–H groups in total. The van der Waals surface area contributed by atoms with E-state index in [1.165, 1.54) is 0 Å². The van der Waals surface area contributed by atoms with Gasteiger partial charge in [0.05, 0.1) is 6.10 Å². The van der Waals surface area contributed by atoms with E-state index in [9.17, 15) is 9.90 Å². The number of carbonyl (C=O) groups excluding carboxylic acids is 1. The number of carbonyl (C=O) groups is 1. The van der Waals surface area contributed by atoms with Crippen LogP contribution in [0.25, 0.3) is 11.0 Å². The number of aromatic nitrogens is 1. The average Bonchev–Trinajstić information content (AvgIpc) is 3.04. The molecule has 1 aliphatic carbocycles. The molecule has 0 spiro atoms. The summed E-state index contributed by atoms with van der Waals surface area (Å²) < 4.78 is 5.66. The van der Waals surface area contributed by atoms with Crippen LogP contribution in [0.2, 0.25) is 0 Å². The topological polar surface area (TPSA) is 75.4 Å². The van der Waals surface area contributed by atoms with Crippen molar-refractivity contribution in [3.05, 3.63) is 66.2 Å². The van der Waals surface area contributed by atoms with Crippen molar-refractivity contribution in [2.75, 3.05) is 0 Å². The molecule has 1 aromatic carbocycles. The van der Waals surface area contributed by atoms with E-state index >= 15 is 0 Å². The molecule has 128 valence electrons. The van der Waals surface area contributed by atoms with Crippen molar-refractivity contribution >= 4 is 16.9 Å². The van der Waals surface area contributed by atoms with Gasteiger partial charge in [-0.15, -0.1) is 0 Å². The normalized spacial score (nSPS) is 20.8. The van der Waals surface area contributed by atoms with E-state index in [2.05, 4.69) is 10.3 Å². The predicted octanol–water partition coefficient (Wildman–Crippen LogP) is 2.94. The molecule has 1 atom stereocenters. The number of benzene rings is 1. The first-order valence-electron chi connectivity index (χ1n) is 8.55. The number of para-hydroxylation sites is 1. The molecule has 1 fully saturated rings. The van der Waals surface area contributed by atoms with Crippen molar-refractivity contribution in [2.24, 2.45) is 5.92 Å². The third-order valence-corrected chi connectivity index (χ3v) is 4.89. The van der Waals surface area contributed by atoms with Crippen molar-refractivity contribution in [2.45, 2.75) is 31.4 Å². The minimum Gasteiger partial charge on any atom is -0.451 e. The molecule has 0 saturated heterocycles. The summed E-state index contributed by atoms with van der Waals surface area (Å²) in [7, 11) is 0. The molecule has 5 heteroatoms. The number of aliphatic hydroxyl groups excluding tert-OH is 1. The predicted molar refractivity (Wildman–Crippen MR) is 94.1 cm³/mol. The van der Waals surface area contributed by atoms with Crippen LogP contribution in [0.1, 0.15) is 29.0 Å². The first kappa shape index (κ1) is 15.8. The summed E-state index contributed by atoms with van der Waals surface area (Å²) in [6, 6.07) is 13.2. The summed E-state index contributed by atoms with van der Waals surface area (Å²) in [5, 5.41) is 13.7. The Bertz CT molecular complexity index is 836. The maximum absolute atomic E-state index is 12.7. The minimum atomic E-state index is -0.256. The number of aliphatic hydroxyl groups is 1. The molecule has 5 nitrogen and oxygen atoms in total. The second-order valence-corrected chi connectivity index (χ2v) is 6.67. The first-order valence-corrected chi connectivity index (χ1v) is 8.55. The molecular weight excluding hydrogens is 316 g/mol. The first-order chi connectivity index (χ1) is 12.2. The Morgan fingerprint density at radius 1 is 1.24 bits per heavy atom. The molecule has 2 heterocycles. The van der Waals surface area contributed by atoms with E-state index in [-0.39, 0.29) is 24.0 Å². The van der Waals surface area contributed by atoms with E-state index in [4.69, 9.17) is 4.42 Å². The van der Waals surface area contributed by atoms with Gasteiger partial charge in [0.15, 0.2) is 5.76 Å². The SMILES string of the molecule is O=C(N[C@@H](Cc1ccncc1)C1CC(O)C1)c1cc2ccccc2o1. The lowest BCUT2D eigenvalue weighted by Crippen LogP contribution is -2.48. The molecule has 0 bridgehead atoms. The molecule has 0 radical (unpaired) electrons. The van der Waals surface area contributed by atoms with E-state index in [1.807, 2.05) is 36.4 Å². The number of fused-ring (bicyclic) bond motifs is 1. The Balaban J connectivity index is 1.51. The fraction of sp³-hybridized carbons (Fsp3) is 0.300. The maximum Gasteiger partial charge on any atom is 0.287 e. The van der Waals surface area contributed by atoms with Gasteiger partial charge in [-0.2, -0.15) is 0 Å². The molecule has 0 unspecified atom stereocenters. The van der Waals surface area contributed by atoms with Gasteiger partial charge in [-0.3, -0.25) is 9.78 Å². The van der Waals surface area contributed by atoms with E-state index in [0.717, 1.165) is 23.8 Å². The van der Waals surface area contributed by atoms with Gasteiger partial charge in [0.25, 0.3) is 5.91 Å². The smallest absolute Gasteiger partial charge is 0.287 e. The number of nitrogens with one attached hydrogen (secondary N) is 1. The van der Waals surface area contributed by atoms with Gasteiger partial charge in [-0.05, 0) is 55.0 Å². The molecular formula is C20H20N2O3. The van der Waals surface area contributed by atoms with Gasteiger partial charge in [0, 0.05) is 23.8 Å². The van der Waals surface area contributed by atoms with Gasteiger partial charge in [-0.1, -0.05) is 18.2 Å². The van der Waals surface area contributed by atoms with Gasteiger partial charge in [-0.25, -0.2) is 0 Å². The summed E-state index contributed by atoms with van der Waals surface area (Å²) in [5.41, 5.74) is 1.82. The highest BCUT2D eigenvalue weighted by Gasteiger charge is 2.35. The van der Waals surface area contributed by atoms with Crippen LogP contribution < -0.4 is 5.32 Å². The zero-order valence-electron chi connectivity index (χ0n) is 13.8. The second-order valence-electron chi connectivity index (χ2n) is 6.67. The Morgan fingerprint density at radius 2 is 2.00 bits per heavy atom. The lowest BCUT2D eigenvalue weighted by atomic mass is 9.75. The number of hydrogen-bond donors (Lipinski definition) is 2. The molecule has 3 aromatic rings. The van der Waals surface area contributed by atoms with Crippen molar-refractivity contribution in [1.29, 1.82) is 0 Å². The van der Waals surface area contributed by atoms with Gasteiger partial charge < -0.3 is 14.8 Å². The van der Waals surface area contributed by atoms with Crippen molar-refractivity contribution < 1.29 is 14.3 Å². The molecule has 1 aliphatic rings. The Morgan fingerprint density at radius 3 is 2.72 bits per heavy atom. The Labute approximate surface area is 145 Å².